The second kappa shape index (κ2) is 5.88. The van der Waals surface area contributed by atoms with E-state index in [0.29, 0.717) is 12.1 Å². The molecular weight excluding hydrogens is 235 g/mol. The van der Waals surface area contributed by atoms with Crippen molar-refractivity contribution in [2.75, 3.05) is 6.61 Å². The van der Waals surface area contributed by atoms with E-state index in [1.54, 1.807) is 13.0 Å². The van der Waals surface area contributed by atoms with Crippen molar-refractivity contribution in [3.05, 3.63) is 29.8 Å². The summed E-state index contributed by atoms with van der Waals surface area (Å²) in [5.41, 5.74) is 0.659. The third-order valence-electron chi connectivity index (χ3n) is 2.06. The summed E-state index contributed by atoms with van der Waals surface area (Å²) in [6, 6.07) is 5.61. The number of aliphatic hydroxyl groups is 1. The van der Waals surface area contributed by atoms with Gasteiger partial charge in [-0.1, -0.05) is 12.1 Å². The van der Waals surface area contributed by atoms with Crippen LogP contribution in [0, 0.1) is 0 Å². The fourth-order valence-corrected chi connectivity index (χ4v) is 1.21. The maximum atomic E-state index is 12.0. The zero-order valence-corrected chi connectivity index (χ0v) is 9.29. The predicted molar refractivity (Wildman–Crippen MR) is 56.5 cm³/mol. The van der Waals surface area contributed by atoms with Crippen molar-refractivity contribution in [3.63, 3.8) is 0 Å². The van der Waals surface area contributed by atoms with E-state index in [-0.39, 0.29) is 18.4 Å². The van der Waals surface area contributed by atoms with Gasteiger partial charge in [0.25, 0.3) is 0 Å². The molecular formula is C11H14F3NO2. The van der Waals surface area contributed by atoms with Gasteiger partial charge < -0.3 is 15.2 Å². The first-order valence-corrected chi connectivity index (χ1v) is 5.09. The van der Waals surface area contributed by atoms with E-state index in [1.165, 1.54) is 18.2 Å². The number of halogens is 3. The molecule has 6 heteroatoms. The first kappa shape index (κ1) is 13.8. The molecule has 0 bridgehead atoms. The van der Waals surface area contributed by atoms with E-state index >= 15 is 0 Å². The third kappa shape index (κ3) is 5.55. The molecule has 1 aromatic rings. The number of hydrogen-bond acceptors (Lipinski definition) is 3. The van der Waals surface area contributed by atoms with Gasteiger partial charge in [0.1, 0.15) is 5.75 Å². The molecule has 0 fully saturated rings. The quantitative estimate of drug-likeness (QED) is 0.839. The van der Waals surface area contributed by atoms with Crippen molar-refractivity contribution in [1.82, 2.24) is 5.32 Å². The lowest BCUT2D eigenvalue weighted by atomic mass is 10.2. The average molecular weight is 249 g/mol. The number of alkyl halides is 3. The minimum Gasteiger partial charge on any atom is -0.406 e. The van der Waals surface area contributed by atoms with Crippen LogP contribution < -0.4 is 10.1 Å². The lowest BCUT2D eigenvalue weighted by Gasteiger charge is -2.12. The summed E-state index contributed by atoms with van der Waals surface area (Å²) in [7, 11) is 0. The topological polar surface area (TPSA) is 41.5 Å². The number of nitrogens with one attached hydrogen (secondary N) is 1. The van der Waals surface area contributed by atoms with Gasteiger partial charge in [0.2, 0.25) is 0 Å². The second-order valence-corrected chi connectivity index (χ2v) is 3.66. The third-order valence-corrected chi connectivity index (χ3v) is 2.06. The van der Waals surface area contributed by atoms with Gasteiger partial charge in [-0.25, -0.2) is 0 Å². The molecule has 1 aromatic carbocycles. The van der Waals surface area contributed by atoms with Gasteiger partial charge in [0, 0.05) is 12.6 Å². The second-order valence-electron chi connectivity index (χ2n) is 3.66. The zero-order valence-electron chi connectivity index (χ0n) is 9.29. The van der Waals surface area contributed by atoms with Crippen molar-refractivity contribution in [3.8, 4) is 5.75 Å². The molecule has 3 nitrogen and oxygen atoms in total. The van der Waals surface area contributed by atoms with Gasteiger partial charge in [-0.15, -0.1) is 13.2 Å². The Morgan fingerprint density at radius 1 is 1.41 bits per heavy atom. The molecule has 0 aliphatic heterocycles. The van der Waals surface area contributed by atoms with Gasteiger partial charge in [-0.2, -0.15) is 0 Å². The van der Waals surface area contributed by atoms with Crippen LogP contribution in [0.15, 0.2) is 24.3 Å². The maximum absolute atomic E-state index is 12.0. The lowest BCUT2D eigenvalue weighted by molar-refractivity contribution is -0.274. The maximum Gasteiger partial charge on any atom is 0.573 e. The predicted octanol–water partition coefficient (Wildman–Crippen LogP) is 2.06. The van der Waals surface area contributed by atoms with Crippen molar-refractivity contribution < 1.29 is 23.0 Å². The Morgan fingerprint density at radius 3 is 2.71 bits per heavy atom. The Hall–Kier alpha value is -1.27. The van der Waals surface area contributed by atoms with Crippen molar-refractivity contribution >= 4 is 0 Å². The molecule has 0 saturated heterocycles. The highest BCUT2D eigenvalue weighted by Crippen LogP contribution is 2.23. The SMILES string of the molecule is CC(CO)NCc1cccc(OC(F)(F)F)c1. The normalized spacial score (nSPS) is 13.5. The largest absolute Gasteiger partial charge is 0.573 e. The van der Waals surface area contributed by atoms with E-state index in [1.807, 2.05) is 0 Å². The number of rotatable bonds is 5. The number of benzene rings is 1. The minimum atomic E-state index is -4.68. The van der Waals surface area contributed by atoms with Gasteiger partial charge in [-0.05, 0) is 24.6 Å². The molecule has 0 amide bonds. The minimum absolute atomic E-state index is 0.0290. The van der Waals surface area contributed by atoms with Crippen LogP contribution in [0.1, 0.15) is 12.5 Å². The van der Waals surface area contributed by atoms with E-state index in [0.717, 1.165) is 0 Å². The molecule has 0 aliphatic carbocycles. The Balaban J connectivity index is 2.60. The van der Waals surface area contributed by atoms with Crippen LogP contribution in [0.2, 0.25) is 0 Å². The first-order chi connectivity index (χ1) is 7.90. The molecule has 0 radical (unpaired) electrons. The van der Waals surface area contributed by atoms with Crippen molar-refractivity contribution in [1.29, 1.82) is 0 Å². The van der Waals surface area contributed by atoms with Gasteiger partial charge >= 0.3 is 6.36 Å². The number of hydrogen-bond donors (Lipinski definition) is 2. The molecule has 0 aromatic heterocycles. The summed E-state index contributed by atoms with van der Waals surface area (Å²) in [6.07, 6.45) is -4.68. The van der Waals surface area contributed by atoms with Crippen molar-refractivity contribution in [2.24, 2.45) is 0 Å². The summed E-state index contributed by atoms with van der Waals surface area (Å²) in [4.78, 5) is 0. The highest BCUT2D eigenvalue weighted by molar-refractivity contribution is 5.28. The molecule has 1 atom stereocenters. The molecule has 0 aliphatic rings. The van der Waals surface area contributed by atoms with Crippen LogP contribution in [0.25, 0.3) is 0 Å². The standard InChI is InChI=1S/C11H14F3NO2/c1-8(7-16)15-6-9-3-2-4-10(5-9)17-11(12,13)14/h2-5,8,15-16H,6-7H2,1H3. The fourth-order valence-electron chi connectivity index (χ4n) is 1.21. The summed E-state index contributed by atoms with van der Waals surface area (Å²) >= 11 is 0. The molecule has 2 N–H and O–H groups in total. The summed E-state index contributed by atoms with van der Waals surface area (Å²) in [5.74, 6) is -0.242. The fraction of sp³-hybridized carbons (Fsp3) is 0.455. The van der Waals surface area contributed by atoms with E-state index in [4.69, 9.17) is 5.11 Å². The van der Waals surface area contributed by atoms with Crippen LogP contribution >= 0.6 is 0 Å². The van der Waals surface area contributed by atoms with Crippen LogP contribution in [0.5, 0.6) is 5.75 Å². The summed E-state index contributed by atoms with van der Waals surface area (Å²) < 4.78 is 39.7. The van der Waals surface area contributed by atoms with E-state index < -0.39 is 6.36 Å². The van der Waals surface area contributed by atoms with Crippen LogP contribution in [-0.4, -0.2) is 24.1 Å². The molecule has 0 spiro atoms. The lowest BCUT2D eigenvalue weighted by Crippen LogP contribution is -2.28. The number of aliphatic hydroxyl groups excluding tert-OH is 1. The highest BCUT2D eigenvalue weighted by Gasteiger charge is 2.31. The Morgan fingerprint density at radius 2 is 2.12 bits per heavy atom. The molecule has 0 saturated carbocycles. The van der Waals surface area contributed by atoms with E-state index in [2.05, 4.69) is 10.1 Å². The summed E-state index contributed by atoms with van der Waals surface area (Å²) in [6.45, 7) is 2.12. The highest BCUT2D eigenvalue weighted by atomic mass is 19.4. The number of ether oxygens (including phenoxy) is 1. The van der Waals surface area contributed by atoms with Gasteiger partial charge in [-0.3, -0.25) is 0 Å². The van der Waals surface area contributed by atoms with Gasteiger partial charge in [0.15, 0.2) is 0 Å². The molecule has 96 valence electrons. The molecule has 1 rings (SSSR count). The van der Waals surface area contributed by atoms with Crippen LogP contribution in [-0.2, 0) is 6.54 Å². The molecule has 0 heterocycles. The first-order valence-electron chi connectivity index (χ1n) is 5.09. The molecule has 1 unspecified atom stereocenters. The zero-order chi connectivity index (χ0) is 12.9. The monoisotopic (exact) mass is 249 g/mol. The average Bonchev–Trinajstić information content (AvgIpc) is 2.24. The smallest absolute Gasteiger partial charge is 0.406 e. The Kier molecular flexibility index (Phi) is 4.77. The van der Waals surface area contributed by atoms with Crippen LogP contribution in [0.4, 0.5) is 13.2 Å². The summed E-state index contributed by atoms with van der Waals surface area (Å²) in [5, 5.41) is 11.7. The van der Waals surface area contributed by atoms with Crippen molar-refractivity contribution in [2.45, 2.75) is 25.9 Å². The Bertz CT molecular complexity index is 355. The van der Waals surface area contributed by atoms with Crippen LogP contribution in [0.3, 0.4) is 0 Å². The molecule has 17 heavy (non-hydrogen) atoms. The van der Waals surface area contributed by atoms with Gasteiger partial charge in [0.05, 0.1) is 6.61 Å². The van der Waals surface area contributed by atoms with E-state index in [9.17, 15) is 13.2 Å². The Labute approximate surface area is 97.2 Å².